The molecular formula is C26H25ClF2N6O2. The zero-order valence-corrected chi connectivity index (χ0v) is 20.9. The van der Waals surface area contributed by atoms with Gasteiger partial charge in [-0.05, 0) is 36.8 Å². The molecule has 192 valence electrons. The van der Waals surface area contributed by atoms with Crippen LogP contribution in [0.25, 0.3) is 10.9 Å². The molecule has 0 fully saturated rings. The van der Waals surface area contributed by atoms with Gasteiger partial charge in [0.25, 0.3) is 0 Å². The Labute approximate surface area is 217 Å². The number of fused-ring (bicyclic) bond motifs is 1. The van der Waals surface area contributed by atoms with E-state index in [2.05, 4.69) is 10.2 Å². The van der Waals surface area contributed by atoms with Gasteiger partial charge in [0.2, 0.25) is 5.84 Å². The van der Waals surface area contributed by atoms with Gasteiger partial charge in [-0.2, -0.15) is 19.0 Å². The number of carbonyl (C=O) groups is 1. The molecule has 4 aromatic rings. The predicted octanol–water partition coefficient (Wildman–Crippen LogP) is 4.61. The number of rotatable bonds is 8. The Kier molecular flexibility index (Phi) is 7.42. The van der Waals surface area contributed by atoms with Gasteiger partial charge < -0.3 is 10.6 Å². The van der Waals surface area contributed by atoms with E-state index in [1.165, 1.54) is 23.9 Å². The van der Waals surface area contributed by atoms with E-state index >= 15 is 8.78 Å². The summed E-state index contributed by atoms with van der Waals surface area (Å²) in [6.07, 6.45) is 0.696. The van der Waals surface area contributed by atoms with E-state index in [1.54, 1.807) is 55.5 Å². The van der Waals surface area contributed by atoms with Gasteiger partial charge in [-0.25, -0.2) is 5.84 Å². The number of aryl methyl sites for hydroxylation is 1. The fourth-order valence-electron chi connectivity index (χ4n) is 4.13. The smallest absolute Gasteiger partial charge is 0.332 e. The van der Waals surface area contributed by atoms with E-state index in [-0.39, 0.29) is 18.7 Å². The Morgan fingerprint density at radius 1 is 1.22 bits per heavy atom. The molecule has 0 saturated heterocycles. The van der Waals surface area contributed by atoms with Crippen molar-refractivity contribution >= 4 is 34.6 Å². The summed E-state index contributed by atoms with van der Waals surface area (Å²) in [5.74, 6) is 7.60. The quantitative estimate of drug-likeness (QED) is 0.114. The maximum Gasteiger partial charge on any atom is 0.332 e. The first-order chi connectivity index (χ1) is 17.7. The number of hydrogen-bond donors (Lipinski definition) is 2. The molecule has 0 bridgehead atoms. The topological polar surface area (TPSA) is 112 Å². The summed E-state index contributed by atoms with van der Waals surface area (Å²) in [6, 6.07) is 15.9. The van der Waals surface area contributed by atoms with Crippen LogP contribution in [0.2, 0.25) is 5.02 Å². The number of hydrogen-bond acceptors (Lipinski definition) is 6. The molecule has 0 amide bonds. The largest absolute Gasteiger partial charge is 0.497 e. The van der Waals surface area contributed by atoms with Crippen molar-refractivity contribution in [1.29, 1.82) is 0 Å². The standard InChI is InChI=1S/C26H25ClF2N6O2/c1-16-21-11-8-19(12-24(21)35(33-16)14-22-18(15-36)4-3-5-23(22)27)26(28,29)25(32-30)34(31)13-17-6-9-20(37-2)10-7-17/h3-12,15H,13-14,30-31H2,1-2H3/b32-25-. The third kappa shape index (κ3) is 5.11. The van der Waals surface area contributed by atoms with Gasteiger partial charge in [0, 0.05) is 27.1 Å². The molecule has 4 rings (SSSR count). The van der Waals surface area contributed by atoms with Crippen LogP contribution in [0.4, 0.5) is 8.78 Å². The monoisotopic (exact) mass is 526 g/mol. The zero-order valence-electron chi connectivity index (χ0n) is 20.2. The van der Waals surface area contributed by atoms with E-state index in [1.807, 2.05) is 0 Å². The van der Waals surface area contributed by atoms with Crippen molar-refractivity contribution in [2.75, 3.05) is 7.11 Å². The first kappa shape index (κ1) is 26.1. The second kappa shape index (κ2) is 10.5. The van der Waals surface area contributed by atoms with Crippen molar-refractivity contribution in [3.63, 3.8) is 0 Å². The second-order valence-corrected chi connectivity index (χ2v) is 8.81. The molecule has 37 heavy (non-hydrogen) atoms. The summed E-state index contributed by atoms with van der Waals surface area (Å²) in [5, 5.41) is 9.70. The number of amidine groups is 1. The van der Waals surface area contributed by atoms with E-state index in [0.717, 1.165) is 5.01 Å². The van der Waals surface area contributed by atoms with Crippen LogP contribution in [0.5, 0.6) is 5.75 Å². The molecule has 0 radical (unpaired) electrons. The summed E-state index contributed by atoms with van der Waals surface area (Å²) in [4.78, 5) is 11.5. The third-order valence-corrected chi connectivity index (χ3v) is 6.43. The van der Waals surface area contributed by atoms with Gasteiger partial charge in [-0.3, -0.25) is 14.5 Å². The maximum atomic E-state index is 15.7. The highest BCUT2D eigenvalue weighted by Gasteiger charge is 2.42. The number of nitrogens with zero attached hydrogens (tertiary/aromatic N) is 4. The number of aromatic nitrogens is 2. The van der Waals surface area contributed by atoms with Crippen LogP contribution in [-0.2, 0) is 19.0 Å². The minimum Gasteiger partial charge on any atom is -0.497 e. The van der Waals surface area contributed by atoms with Crippen LogP contribution in [-0.4, -0.2) is 34.0 Å². The molecule has 8 nitrogen and oxygen atoms in total. The molecule has 4 N–H and O–H groups in total. The summed E-state index contributed by atoms with van der Waals surface area (Å²) >= 11 is 6.32. The van der Waals surface area contributed by atoms with Crippen LogP contribution in [0.1, 0.15) is 32.7 Å². The fourth-order valence-corrected chi connectivity index (χ4v) is 4.37. The lowest BCUT2D eigenvalue weighted by atomic mass is 10.0. The molecule has 0 spiro atoms. The lowest BCUT2D eigenvalue weighted by Gasteiger charge is -2.26. The molecule has 0 atom stereocenters. The van der Waals surface area contributed by atoms with E-state index in [0.29, 0.717) is 50.3 Å². The number of hydrazine groups is 1. The highest BCUT2D eigenvalue weighted by molar-refractivity contribution is 6.31. The fraction of sp³-hybridized carbons (Fsp3) is 0.192. The Hall–Kier alpha value is -4.02. The predicted molar refractivity (Wildman–Crippen MR) is 139 cm³/mol. The molecule has 0 aliphatic carbocycles. The summed E-state index contributed by atoms with van der Waals surface area (Å²) in [6.45, 7) is 1.83. The van der Waals surface area contributed by atoms with Crippen molar-refractivity contribution in [3.8, 4) is 5.75 Å². The van der Waals surface area contributed by atoms with Gasteiger partial charge in [-0.15, -0.1) is 0 Å². The average Bonchev–Trinajstić information content (AvgIpc) is 3.20. The lowest BCUT2D eigenvalue weighted by Crippen LogP contribution is -2.46. The lowest BCUT2D eigenvalue weighted by molar-refractivity contribution is 0.0584. The molecule has 0 saturated carbocycles. The SMILES string of the molecule is COc1ccc(CN(N)/C(=N\N)C(F)(F)c2ccc3c(C)nn(Cc4c(Cl)cccc4C=O)c3c2)cc1. The Balaban J connectivity index is 1.68. The molecule has 0 unspecified atom stereocenters. The molecule has 0 aliphatic rings. The van der Waals surface area contributed by atoms with Gasteiger partial charge in [0.1, 0.15) is 12.0 Å². The molecule has 11 heteroatoms. The van der Waals surface area contributed by atoms with Crippen molar-refractivity contribution in [2.24, 2.45) is 16.8 Å². The highest BCUT2D eigenvalue weighted by Crippen LogP contribution is 2.34. The van der Waals surface area contributed by atoms with Crippen LogP contribution in [0.15, 0.2) is 65.8 Å². The van der Waals surface area contributed by atoms with Crippen LogP contribution >= 0.6 is 11.6 Å². The number of carbonyl (C=O) groups excluding carboxylic acids is 1. The van der Waals surface area contributed by atoms with E-state index in [4.69, 9.17) is 28.0 Å². The number of halogens is 3. The Morgan fingerprint density at radius 3 is 2.59 bits per heavy atom. The van der Waals surface area contributed by atoms with Crippen molar-refractivity contribution < 1.29 is 18.3 Å². The average molecular weight is 527 g/mol. The normalized spacial score (nSPS) is 12.1. The number of benzene rings is 3. The first-order valence-corrected chi connectivity index (χ1v) is 11.6. The van der Waals surface area contributed by atoms with Crippen molar-refractivity contribution in [1.82, 2.24) is 14.8 Å². The number of ether oxygens (including phenoxy) is 1. The van der Waals surface area contributed by atoms with Gasteiger partial charge in [0.15, 0.2) is 0 Å². The first-order valence-electron chi connectivity index (χ1n) is 11.2. The minimum absolute atomic E-state index is 0.0596. The van der Waals surface area contributed by atoms with Crippen LogP contribution < -0.4 is 16.4 Å². The van der Waals surface area contributed by atoms with Gasteiger partial charge >= 0.3 is 5.92 Å². The maximum absolute atomic E-state index is 15.7. The highest BCUT2D eigenvalue weighted by atomic mass is 35.5. The summed E-state index contributed by atoms with van der Waals surface area (Å²) < 4.78 is 38.1. The molecule has 0 aliphatic heterocycles. The third-order valence-electron chi connectivity index (χ3n) is 6.08. The second-order valence-electron chi connectivity index (χ2n) is 8.40. The van der Waals surface area contributed by atoms with E-state index in [9.17, 15) is 4.79 Å². The van der Waals surface area contributed by atoms with Gasteiger partial charge in [-0.1, -0.05) is 48.0 Å². The Bertz CT molecular complexity index is 1470. The number of aldehydes is 1. The molecule has 1 aromatic heterocycles. The van der Waals surface area contributed by atoms with Gasteiger partial charge in [0.05, 0.1) is 31.4 Å². The van der Waals surface area contributed by atoms with E-state index < -0.39 is 11.8 Å². The minimum atomic E-state index is -3.62. The number of hydrazone groups is 1. The zero-order chi connectivity index (χ0) is 26.7. The van der Waals surface area contributed by atoms with Crippen molar-refractivity contribution in [3.05, 3.63) is 93.6 Å². The summed E-state index contributed by atoms with van der Waals surface area (Å²) in [7, 11) is 1.53. The number of methoxy groups -OCH3 is 1. The number of nitrogens with two attached hydrogens (primary N) is 2. The number of alkyl halides is 2. The molecule has 1 heterocycles. The summed E-state index contributed by atoms with van der Waals surface area (Å²) in [5.41, 5.74) is 2.29. The van der Waals surface area contributed by atoms with Crippen LogP contribution in [0, 0.1) is 6.92 Å². The Morgan fingerprint density at radius 2 is 1.95 bits per heavy atom. The van der Waals surface area contributed by atoms with Crippen molar-refractivity contribution in [2.45, 2.75) is 25.9 Å². The van der Waals surface area contributed by atoms with Crippen LogP contribution in [0.3, 0.4) is 0 Å². The molecular weight excluding hydrogens is 502 g/mol. The molecule has 3 aromatic carbocycles.